The summed E-state index contributed by atoms with van der Waals surface area (Å²) in [6.45, 7) is 2.05. The van der Waals surface area contributed by atoms with Gasteiger partial charge in [0.25, 0.3) is 0 Å². The minimum atomic E-state index is 0. The van der Waals surface area contributed by atoms with E-state index in [1.807, 2.05) is 6.29 Å². The molecule has 0 atom stereocenters. The van der Waals surface area contributed by atoms with E-state index in [0.29, 0.717) is 6.42 Å². The predicted octanol–water partition coefficient (Wildman–Crippen LogP) is 1.28. The third kappa shape index (κ3) is 15.8. The molecule has 0 bridgehead atoms. The Morgan fingerprint density at radius 3 is 2.00 bits per heavy atom. The monoisotopic (exact) mass is 187 g/mol. The van der Waals surface area contributed by atoms with Gasteiger partial charge in [-0.15, -0.1) is 0 Å². The van der Waals surface area contributed by atoms with Crippen LogP contribution in [0.3, 0.4) is 0 Å². The topological polar surface area (TPSA) is 17.1 Å². The zero-order valence-electron chi connectivity index (χ0n) is 4.92. The van der Waals surface area contributed by atoms with Crippen molar-refractivity contribution in [3.63, 3.8) is 0 Å². The number of rotatable bonds is 3. The van der Waals surface area contributed by atoms with E-state index >= 15 is 0 Å². The van der Waals surface area contributed by atoms with Crippen LogP contribution in [0.4, 0.5) is 0 Å². The Balaban J connectivity index is -0.000000125. The Morgan fingerprint density at radius 2 is 1.88 bits per heavy atom. The van der Waals surface area contributed by atoms with Gasteiger partial charge in [-0.3, -0.25) is 6.29 Å². The van der Waals surface area contributed by atoms with Crippen molar-refractivity contribution in [1.82, 2.24) is 0 Å². The summed E-state index contributed by atoms with van der Waals surface area (Å²) < 4.78 is 0. The summed E-state index contributed by atoms with van der Waals surface area (Å²) in [6, 6.07) is 0. The number of hydrogen-bond donors (Lipinski definition) is 0. The van der Waals surface area contributed by atoms with Crippen molar-refractivity contribution >= 4 is 6.29 Å². The molecule has 0 fully saturated rings. The second-order valence-corrected chi connectivity index (χ2v) is 1.25. The quantitative estimate of drug-likeness (QED) is 0.480. The van der Waals surface area contributed by atoms with Crippen LogP contribution in [0.15, 0.2) is 0 Å². The van der Waals surface area contributed by atoms with E-state index in [4.69, 9.17) is 0 Å². The van der Waals surface area contributed by atoms with Gasteiger partial charge in [0.15, 0.2) is 0 Å². The van der Waals surface area contributed by atoms with E-state index in [9.17, 15) is 4.79 Å². The molecular formula is C5H9OV2-. The molecule has 46 valence electrons. The molecule has 0 aliphatic carbocycles. The van der Waals surface area contributed by atoms with Gasteiger partial charge < -0.3 is 4.79 Å². The molecule has 0 amide bonds. The van der Waals surface area contributed by atoms with Crippen LogP contribution in [-0.2, 0) is 41.9 Å². The van der Waals surface area contributed by atoms with Crippen molar-refractivity contribution in [3.8, 4) is 0 Å². The van der Waals surface area contributed by atoms with Gasteiger partial charge in [0.05, 0.1) is 0 Å². The molecule has 0 unspecified atom stereocenters. The second-order valence-electron chi connectivity index (χ2n) is 1.25. The van der Waals surface area contributed by atoms with Crippen molar-refractivity contribution in [3.05, 3.63) is 0 Å². The molecule has 1 nitrogen and oxygen atoms in total. The zero-order valence-corrected chi connectivity index (χ0v) is 7.72. The van der Waals surface area contributed by atoms with Gasteiger partial charge in [-0.05, 0) is 0 Å². The maximum absolute atomic E-state index is 9.44. The molecule has 8 heavy (non-hydrogen) atoms. The average molecular weight is 187 g/mol. The molecule has 0 spiro atoms. The molecule has 0 aromatic heterocycles. The first kappa shape index (κ1) is 15.9. The van der Waals surface area contributed by atoms with E-state index in [1.54, 1.807) is 0 Å². The Labute approximate surface area is 74.4 Å². The molecule has 0 aliphatic rings. The summed E-state index contributed by atoms with van der Waals surface area (Å²) in [5.41, 5.74) is 0. The minimum Gasteiger partial charge on any atom is -0.542 e. The molecule has 0 rings (SSSR count). The van der Waals surface area contributed by atoms with E-state index in [-0.39, 0.29) is 37.1 Å². The van der Waals surface area contributed by atoms with Crippen molar-refractivity contribution in [2.75, 3.05) is 0 Å². The molecule has 0 saturated carbocycles. The first-order valence-electron chi connectivity index (χ1n) is 2.26. The fraction of sp³-hybridized carbons (Fsp3) is 0.800. The maximum Gasteiger partial charge on any atom is 0 e. The predicted molar refractivity (Wildman–Crippen MR) is 25.2 cm³/mol. The molecule has 0 aromatic carbocycles. The summed E-state index contributed by atoms with van der Waals surface area (Å²) in [5, 5.41) is 0. The maximum atomic E-state index is 9.44. The van der Waals surface area contributed by atoms with E-state index in [1.165, 1.54) is 0 Å². The van der Waals surface area contributed by atoms with Gasteiger partial charge in [0.2, 0.25) is 0 Å². The van der Waals surface area contributed by atoms with Crippen LogP contribution in [0.5, 0.6) is 0 Å². The van der Waals surface area contributed by atoms with Crippen LogP contribution >= 0.6 is 0 Å². The van der Waals surface area contributed by atoms with Crippen molar-refractivity contribution < 1.29 is 41.9 Å². The van der Waals surface area contributed by atoms with Gasteiger partial charge in [0.1, 0.15) is 0 Å². The fourth-order valence-electron chi connectivity index (χ4n) is 0.249. The Kier molecular flexibility index (Phi) is 31.2. The van der Waals surface area contributed by atoms with Crippen LogP contribution in [0, 0.1) is 0 Å². The van der Waals surface area contributed by atoms with Gasteiger partial charge in [-0.2, -0.15) is 6.42 Å². The van der Waals surface area contributed by atoms with E-state index in [2.05, 4.69) is 6.92 Å². The molecule has 0 N–H and O–H groups in total. The van der Waals surface area contributed by atoms with Gasteiger partial charge in [0, 0.05) is 37.1 Å². The third-order valence-electron chi connectivity index (χ3n) is 0.632. The summed E-state index contributed by atoms with van der Waals surface area (Å²) in [7, 11) is 0. The standard InChI is InChI=1S/C5H9O.2V/c1-2-3-4-5-6;;/h2-4H2,1H3;;/q-1;;. The van der Waals surface area contributed by atoms with E-state index in [0.717, 1.165) is 12.8 Å². The van der Waals surface area contributed by atoms with Gasteiger partial charge >= 0.3 is 0 Å². The normalized spacial score (nSPS) is 6.12. The van der Waals surface area contributed by atoms with Crippen molar-refractivity contribution in [1.29, 1.82) is 0 Å². The number of carbonyl (C=O) groups excluding carboxylic acids is 1. The summed E-state index contributed by atoms with van der Waals surface area (Å²) in [5.74, 6) is 0. The summed E-state index contributed by atoms with van der Waals surface area (Å²) in [4.78, 5) is 9.44. The number of unbranched alkanes of at least 4 members (excludes halogenated alkanes) is 2. The largest absolute Gasteiger partial charge is 0.542 e. The third-order valence-corrected chi connectivity index (χ3v) is 0.632. The molecular weight excluding hydrogens is 178 g/mol. The zero-order chi connectivity index (χ0) is 4.83. The molecule has 0 saturated heterocycles. The van der Waals surface area contributed by atoms with Gasteiger partial charge in [-0.1, -0.05) is 19.8 Å². The average Bonchev–Trinajstić information content (AvgIpc) is 1.61. The van der Waals surface area contributed by atoms with Crippen molar-refractivity contribution in [2.24, 2.45) is 0 Å². The summed E-state index contributed by atoms with van der Waals surface area (Å²) >= 11 is 0. The molecule has 0 aliphatic heterocycles. The van der Waals surface area contributed by atoms with Crippen LogP contribution in [0.2, 0.25) is 0 Å². The second kappa shape index (κ2) is 15.7. The molecule has 0 aromatic rings. The molecule has 3 heteroatoms. The Morgan fingerprint density at radius 1 is 1.38 bits per heavy atom. The van der Waals surface area contributed by atoms with Gasteiger partial charge in [-0.25, -0.2) is 0 Å². The summed E-state index contributed by atoms with van der Waals surface area (Å²) in [6.07, 6.45) is 4.51. The van der Waals surface area contributed by atoms with Crippen LogP contribution in [0.1, 0.15) is 26.2 Å². The minimum absolute atomic E-state index is 0. The van der Waals surface area contributed by atoms with Crippen LogP contribution in [-0.4, -0.2) is 6.29 Å². The van der Waals surface area contributed by atoms with Crippen LogP contribution in [0.25, 0.3) is 0 Å². The first-order valence-corrected chi connectivity index (χ1v) is 2.26. The van der Waals surface area contributed by atoms with Crippen LogP contribution < -0.4 is 0 Å². The first-order chi connectivity index (χ1) is 2.91. The Bertz CT molecular complexity index is 39.4. The number of hydrogen-bond acceptors (Lipinski definition) is 1. The smallest absolute Gasteiger partial charge is 0 e. The van der Waals surface area contributed by atoms with Crippen molar-refractivity contribution in [2.45, 2.75) is 26.2 Å². The van der Waals surface area contributed by atoms with E-state index < -0.39 is 0 Å². The molecule has 2 radical (unpaired) electrons. The SMILES string of the molecule is CCCC[C-]=O.[V].[V]. The Hall–Kier alpha value is 0.839. The fourth-order valence-corrected chi connectivity index (χ4v) is 0.249. The molecule has 0 heterocycles.